The van der Waals surface area contributed by atoms with Crippen LogP contribution in [0.25, 0.3) is 0 Å². The molecule has 2 amide bonds. The Hall–Kier alpha value is -2.80. The third-order valence-corrected chi connectivity index (χ3v) is 4.37. The maximum absolute atomic E-state index is 12.2. The van der Waals surface area contributed by atoms with E-state index in [1.807, 2.05) is 19.2 Å². The minimum atomic E-state index is -0.408. The van der Waals surface area contributed by atoms with Crippen LogP contribution in [0.3, 0.4) is 0 Å². The van der Waals surface area contributed by atoms with E-state index in [4.69, 9.17) is 0 Å². The number of carbonyl (C=O) groups excluding carboxylic acids is 3. The summed E-state index contributed by atoms with van der Waals surface area (Å²) in [7, 11) is 0. The number of thiazole rings is 1. The summed E-state index contributed by atoms with van der Waals surface area (Å²) in [4.78, 5) is 39.8. The molecule has 26 heavy (non-hydrogen) atoms. The Kier molecular flexibility index (Phi) is 6.41. The molecule has 0 saturated carbocycles. The lowest BCUT2D eigenvalue weighted by Gasteiger charge is -2.06. The summed E-state index contributed by atoms with van der Waals surface area (Å²) in [6.07, 6.45) is 1.23. The zero-order chi connectivity index (χ0) is 19.3. The Morgan fingerprint density at radius 1 is 1.08 bits per heavy atom. The fraction of sp³-hybridized carbons (Fsp3) is 0.263. The average molecular weight is 371 g/mol. The molecule has 136 valence electrons. The predicted molar refractivity (Wildman–Crippen MR) is 104 cm³/mol. The maximum Gasteiger partial charge on any atom is 0.251 e. The first-order valence-corrected chi connectivity index (χ1v) is 9.01. The Morgan fingerprint density at radius 3 is 2.27 bits per heavy atom. The molecule has 7 heteroatoms. The van der Waals surface area contributed by atoms with E-state index in [1.54, 1.807) is 31.2 Å². The van der Waals surface area contributed by atoms with Crippen molar-refractivity contribution in [2.24, 2.45) is 0 Å². The molecule has 0 fully saturated rings. The van der Waals surface area contributed by atoms with E-state index in [1.165, 1.54) is 24.3 Å². The molecule has 0 atom stereocenters. The molecule has 1 aromatic carbocycles. The van der Waals surface area contributed by atoms with Gasteiger partial charge in [-0.2, -0.15) is 0 Å². The number of rotatable bonds is 6. The average Bonchev–Trinajstić information content (AvgIpc) is 3.03. The van der Waals surface area contributed by atoms with Gasteiger partial charge in [0.05, 0.1) is 5.69 Å². The quantitative estimate of drug-likeness (QED) is 0.593. The number of ketones is 1. The van der Waals surface area contributed by atoms with E-state index in [0.29, 0.717) is 16.4 Å². The van der Waals surface area contributed by atoms with Crippen LogP contribution in [0.5, 0.6) is 0 Å². The van der Waals surface area contributed by atoms with Gasteiger partial charge in [0, 0.05) is 28.3 Å². The summed E-state index contributed by atoms with van der Waals surface area (Å²) < 4.78 is 0. The summed E-state index contributed by atoms with van der Waals surface area (Å²) >= 11 is 1.35. The van der Waals surface area contributed by atoms with E-state index in [2.05, 4.69) is 15.6 Å². The summed E-state index contributed by atoms with van der Waals surface area (Å²) in [6.45, 7) is 7.09. The van der Waals surface area contributed by atoms with Crippen molar-refractivity contribution in [2.45, 2.75) is 33.6 Å². The number of benzene rings is 1. The highest BCUT2D eigenvalue weighted by molar-refractivity contribution is 7.14. The van der Waals surface area contributed by atoms with Crippen LogP contribution >= 0.6 is 11.3 Å². The van der Waals surface area contributed by atoms with Gasteiger partial charge < -0.3 is 5.32 Å². The van der Waals surface area contributed by atoms with Gasteiger partial charge in [-0.05, 0) is 44.0 Å². The third kappa shape index (κ3) is 5.35. The minimum absolute atomic E-state index is 0.0431. The molecule has 2 N–H and O–H groups in total. The van der Waals surface area contributed by atoms with Crippen LogP contribution in [-0.4, -0.2) is 22.6 Å². The second-order valence-corrected chi connectivity index (χ2v) is 6.99. The fourth-order valence-electron chi connectivity index (χ4n) is 2.03. The molecule has 0 radical (unpaired) electrons. The summed E-state index contributed by atoms with van der Waals surface area (Å²) in [5.74, 6) is -0.556. The van der Waals surface area contributed by atoms with Crippen molar-refractivity contribution in [3.8, 4) is 0 Å². The first kappa shape index (κ1) is 19.5. The molecule has 6 nitrogen and oxygen atoms in total. The normalized spacial score (nSPS) is 11.3. The highest BCUT2D eigenvalue weighted by Gasteiger charge is 2.10. The van der Waals surface area contributed by atoms with Gasteiger partial charge in [0.1, 0.15) is 0 Å². The standard InChI is InChI=1S/C19H21N3O3S/c1-11(2)16-10-26-19(21-16)22-17(24)9-12(3)18(25)20-15-7-5-14(6-8-15)13(4)23/h5-11H,1-4H3,(H,20,25)(H,21,22,24)/b12-9-. The minimum Gasteiger partial charge on any atom is -0.322 e. The lowest BCUT2D eigenvalue weighted by Crippen LogP contribution is -2.16. The van der Waals surface area contributed by atoms with Crippen molar-refractivity contribution >= 4 is 39.8 Å². The molecule has 0 aliphatic rings. The number of amides is 2. The number of anilines is 2. The first-order chi connectivity index (χ1) is 12.3. The van der Waals surface area contributed by atoms with Crippen LogP contribution in [0.1, 0.15) is 49.7 Å². The van der Waals surface area contributed by atoms with Crippen LogP contribution in [0.4, 0.5) is 10.8 Å². The molecule has 0 aliphatic carbocycles. The number of hydrogen-bond donors (Lipinski definition) is 2. The summed E-state index contributed by atoms with van der Waals surface area (Å²) in [5, 5.41) is 7.75. The van der Waals surface area contributed by atoms with Gasteiger partial charge in [-0.15, -0.1) is 11.3 Å². The lowest BCUT2D eigenvalue weighted by atomic mass is 10.1. The van der Waals surface area contributed by atoms with E-state index in [0.717, 1.165) is 5.69 Å². The summed E-state index contributed by atoms with van der Waals surface area (Å²) in [6, 6.07) is 6.56. The maximum atomic E-state index is 12.2. The fourth-order valence-corrected chi connectivity index (χ4v) is 2.91. The van der Waals surface area contributed by atoms with Gasteiger partial charge in [-0.3, -0.25) is 19.7 Å². The van der Waals surface area contributed by atoms with Gasteiger partial charge in [0.25, 0.3) is 11.8 Å². The largest absolute Gasteiger partial charge is 0.322 e. The van der Waals surface area contributed by atoms with Crippen LogP contribution in [-0.2, 0) is 9.59 Å². The Bertz CT molecular complexity index is 851. The molecule has 0 spiro atoms. The third-order valence-electron chi connectivity index (χ3n) is 3.60. The highest BCUT2D eigenvalue weighted by atomic mass is 32.1. The van der Waals surface area contributed by atoms with Gasteiger partial charge in [-0.1, -0.05) is 13.8 Å². The molecule has 2 rings (SSSR count). The van der Waals surface area contributed by atoms with E-state index < -0.39 is 11.8 Å². The zero-order valence-electron chi connectivity index (χ0n) is 15.1. The van der Waals surface area contributed by atoms with Crippen LogP contribution < -0.4 is 10.6 Å². The second-order valence-electron chi connectivity index (χ2n) is 6.14. The number of aromatic nitrogens is 1. The SMILES string of the molecule is CC(=O)c1ccc(NC(=O)/C(C)=C\C(=O)Nc2nc(C(C)C)cs2)cc1. The molecule has 2 aromatic rings. The number of Topliss-reactive ketones (excluding diaryl/α,β-unsaturated/α-hetero) is 1. The smallest absolute Gasteiger partial charge is 0.251 e. The highest BCUT2D eigenvalue weighted by Crippen LogP contribution is 2.21. The summed E-state index contributed by atoms with van der Waals surface area (Å²) in [5.41, 5.74) is 2.30. The first-order valence-electron chi connectivity index (χ1n) is 8.13. The molecular weight excluding hydrogens is 350 g/mol. The van der Waals surface area contributed by atoms with Crippen molar-refractivity contribution in [2.75, 3.05) is 10.6 Å². The predicted octanol–water partition coefficient (Wildman–Crippen LogP) is 3.99. The van der Waals surface area contributed by atoms with E-state index in [-0.39, 0.29) is 17.3 Å². The number of carbonyl (C=O) groups is 3. The van der Waals surface area contributed by atoms with E-state index in [9.17, 15) is 14.4 Å². The molecule has 0 bridgehead atoms. The topological polar surface area (TPSA) is 88.2 Å². The lowest BCUT2D eigenvalue weighted by molar-refractivity contribution is -0.114. The molecule has 0 unspecified atom stereocenters. The van der Waals surface area contributed by atoms with Crippen molar-refractivity contribution in [3.63, 3.8) is 0 Å². The number of nitrogens with one attached hydrogen (secondary N) is 2. The van der Waals surface area contributed by atoms with Crippen LogP contribution in [0, 0.1) is 0 Å². The molecule has 1 heterocycles. The molecule has 0 saturated heterocycles. The molecule has 0 aliphatic heterocycles. The monoisotopic (exact) mass is 371 g/mol. The van der Waals surface area contributed by atoms with Gasteiger partial charge in [0.2, 0.25) is 0 Å². The van der Waals surface area contributed by atoms with E-state index >= 15 is 0 Å². The van der Waals surface area contributed by atoms with Gasteiger partial charge >= 0.3 is 0 Å². The van der Waals surface area contributed by atoms with Gasteiger partial charge in [0.15, 0.2) is 10.9 Å². The molecule has 1 aromatic heterocycles. The van der Waals surface area contributed by atoms with Crippen molar-refractivity contribution in [3.05, 3.63) is 52.6 Å². The number of hydrogen-bond acceptors (Lipinski definition) is 5. The number of nitrogens with zero attached hydrogens (tertiary/aromatic N) is 1. The Labute approximate surface area is 156 Å². The Balaban J connectivity index is 1.97. The van der Waals surface area contributed by atoms with Crippen molar-refractivity contribution in [1.29, 1.82) is 0 Å². The van der Waals surface area contributed by atoms with Crippen LogP contribution in [0.15, 0.2) is 41.3 Å². The van der Waals surface area contributed by atoms with Crippen LogP contribution in [0.2, 0.25) is 0 Å². The Morgan fingerprint density at radius 2 is 1.73 bits per heavy atom. The second kappa shape index (κ2) is 8.53. The van der Waals surface area contributed by atoms with Crippen molar-refractivity contribution in [1.82, 2.24) is 4.98 Å². The van der Waals surface area contributed by atoms with Crippen molar-refractivity contribution < 1.29 is 14.4 Å². The van der Waals surface area contributed by atoms with Gasteiger partial charge in [-0.25, -0.2) is 4.98 Å². The molecular formula is C19H21N3O3S. The zero-order valence-corrected chi connectivity index (χ0v) is 15.9.